The molecule has 72 valence electrons. The molecule has 0 aromatic heterocycles. The standard InChI is InChI=1S/9O.Sn.3Ti.Zn/q;;;6*-1;+4;;;;+2. The van der Waals surface area contributed by atoms with Crippen molar-refractivity contribution in [2.75, 3.05) is 0 Å². The van der Waals surface area contributed by atoms with E-state index in [1.54, 1.807) is 0 Å². The van der Waals surface area contributed by atoms with Gasteiger partial charge in [0.2, 0.25) is 0 Å². The van der Waals surface area contributed by atoms with Crippen LogP contribution in [-0.2, 0) is 85.3 Å². The van der Waals surface area contributed by atoms with Crippen molar-refractivity contribution >= 4 is 23.9 Å². The Balaban J connectivity index is -0.0000000270. The maximum Gasteiger partial charge on any atom is 4.00 e. The fourth-order valence-corrected chi connectivity index (χ4v) is 0. The summed E-state index contributed by atoms with van der Waals surface area (Å²) in [4.78, 5) is 0. The summed E-state index contributed by atoms with van der Waals surface area (Å²) < 4.78 is 77.2. The zero-order chi connectivity index (χ0) is 10.7. The second-order valence-corrected chi connectivity index (χ2v) is 3.09. The topological polar surface area (TPSA) is 190 Å². The second kappa shape index (κ2) is 24.8. The first-order chi connectivity index (χ1) is 5.20. The molecule has 0 aliphatic heterocycles. The molecule has 0 heterocycles. The van der Waals surface area contributed by atoms with Gasteiger partial charge in [0.05, 0.1) is 0 Å². The van der Waals surface area contributed by atoms with E-state index in [0.29, 0.717) is 0 Å². The SMILES string of the molecule is [O]=[Ti]([O-])[O-].[O]=[Ti]([O-])[O-].[O]=[Ti]([O-])[O-].[Sn+4].[Zn+2]. The Morgan fingerprint density at radius 3 is 0.571 bits per heavy atom. The minimum absolute atomic E-state index is 0. The summed E-state index contributed by atoms with van der Waals surface area (Å²) in [5.41, 5.74) is 0. The summed E-state index contributed by atoms with van der Waals surface area (Å²) >= 11 is -12.2. The third-order valence-electron chi connectivity index (χ3n) is 0. The van der Waals surface area contributed by atoms with Gasteiger partial charge in [-0.25, -0.2) is 0 Å². The molecule has 0 saturated carbocycles. The van der Waals surface area contributed by atoms with Crippen LogP contribution in [0.25, 0.3) is 0 Å². The van der Waals surface area contributed by atoms with Crippen LogP contribution in [0, 0.1) is 0 Å². The first-order valence-electron chi connectivity index (χ1n) is 1.84. The van der Waals surface area contributed by atoms with Gasteiger partial charge >= 0.3 is 131 Å². The molecule has 0 N–H and O–H groups in total. The minimum atomic E-state index is -4.08. The normalized spacial score (nSPS) is 5.57. The molecule has 0 aliphatic carbocycles. The van der Waals surface area contributed by atoms with Crippen LogP contribution in [0.3, 0.4) is 0 Å². The van der Waals surface area contributed by atoms with Crippen LogP contribution >= 0.6 is 0 Å². The van der Waals surface area contributed by atoms with Crippen LogP contribution in [-0.4, -0.2) is 23.9 Å². The quantitative estimate of drug-likeness (QED) is 0.309. The Hall–Kier alpha value is 2.72. The Morgan fingerprint density at radius 2 is 0.571 bits per heavy atom. The molecule has 0 unspecified atom stereocenters. The fourth-order valence-electron chi connectivity index (χ4n) is 0. The molecule has 0 aromatic carbocycles. The van der Waals surface area contributed by atoms with Gasteiger partial charge in [-0.3, -0.25) is 0 Å². The van der Waals surface area contributed by atoms with Crippen LogP contribution in [0.2, 0.25) is 0 Å². The van der Waals surface area contributed by atoms with E-state index in [0.717, 1.165) is 0 Å². The summed E-state index contributed by atoms with van der Waals surface area (Å²) in [6, 6.07) is 0. The fraction of sp³-hybridized carbons (Fsp3) is 0. The van der Waals surface area contributed by atoms with E-state index in [-0.39, 0.29) is 43.4 Å². The van der Waals surface area contributed by atoms with Gasteiger partial charge in [0.15, 0.2) is 0 Å². The van der Waals surface area contributed by atoms with Crippen molar-refractivity contribution in [1.29, 1.82) is 0 Å². The Bertz CT molecular complexity index is 118. The van der Waals surface area contributed by atoms with Crippen molar-refractivity contribution in [3.63, 3.8) is 0 Å². The minimum Gasteiger partial charge on any atom is 2.00 e. The number of hydrogen-bond donors (Lipinski definition) is 0. The third-order valence-corrected chi connectivity index (χ3v) is 0. The van der Waals surface area contributed by atoms with E-state index in [9.17, 15) is 0 Å². The van der Waals surface area contributed by atoms with Gasteiger partial charge in [0, 0.05) is 0 Å². The summed E-state index contributed by atoms with van der Waals surface area (Å²) in [6.07, 6.45) is 0. The summed E-state index contributed by atoms with van der Waals surface area (Å²) in [6.45, 7) is 0. The van der Waals surface area contributed by atoms with Crippen LogP contribution < -0.4 is 22.1 Å². The zero-order valence-electron chi connectivity index (χ0n) is 6.38. The average Bonchev–Trinajstić information content (AvgIpc) is 1.54. The smallest absolute Gasteiger partial charge is 2.00 e. The molecule has 0 saturated heterocycles. The molecule has 0 fully saturated rings. The molecule has 0 spiro atoms. The van der Waals surface area contributed by atoms with Crippen molar-refractivity contribution in [3.8, 4) is 0 Å². The maximum atomic E-state index is 8.58. The van der Waals surface area contributed by atoms with E-state index >= 15 is 0 Å². The molecule has 0 aromatic rings. The van der Waals surface area contributed by atoms with Crippen molar-refractivity contribution in [2.24, 2.45) is 0 Å². The zero-order valence-corrected chi connectivity index (χ0v) is 16.9. The van der Waals surface area contributed by atoms with E-state index < -0.39 is 55.8 Å². The van der Waals surface area contributed by atoms with Gasteiger partial charge in [-0.1, -0.05) is 0 Å². The summed E-state index contributed by atoms with van der Waals surface area (Å²) in [5, 5.41) is 0. The molecular weight excluding hydrogens is 472 g/mol. The molecule has 0 radical (unpaired) electrons. The van der Waals surface area contributed by atoms with Gasteiger partial charge in [-0.15, -0.1) is 0 Å². The summed E-state index contributed by atoms with van der Waals surface area (Å²) in [5.74, 6) is 0. The predicted octanol–water partition coefficient (Wildman–Crippen LogP) is -7.88. The van der Waals surface area contributed by atoms with E-state index in [2.05, 4.69) is 0 Å². The molecular formula is O9SnTi3Zn. The third kappa shape index (κ3) is 374. The molecule has 0 amide bonds. The van der Waals surface area contributed by atoms with Gasteiger partial charge in [-0.2, -0.15) is 0 Å². The first-order valence-corrected chi connectivity index (χ1v) is 7.57. The molecule has 0 rings (SSSR count). The number of hydrogen-bond acceptors (Lipinski definition) is 9. The first kappa shape index (κ1) is 30.1. The monoisotopic (exact) mass is 472 g/mol. The molecule has 0 atom stereocenters. The Morgan fingerprint density at radius 1 is 0.571 bits per heavy atom. The van der Waals surface area contributed by atoms with Gasteiger partial charge < -0.3 is 0 Å². The Kier molecular flexibility index (Phi) is 53.3. The van der Waals surface area contributed by atoms with E-state index in [1.807, 2.05) is 0 Å². The second-order valence-electron chi connectivity index (χ2n) is 0.750. The van der Waals surface area contributed by atoms with Crippen LogP contribution in [0.15, 0.2) is 0 Å². The van der Waals surface area contributed by atoms with Crippen LogP contribution in [0.5, 0.6) is 0 Å². The van der Waals surface area contributed by atoms with Gasteiger partial charge in [-0.05, 0) is 0 Å². The molecule has 14 heavy (non-hydrogen) atoms. The van der Waals surface area contributed by atoms with Gasteiger partial charge in [0.25, 0.3) is 0 Å². The van der Waals surface area contributed by atoms with Crippen LogP contribution in [0.1, 0.15) is 0 Å². The van der Waals surface area contributed by atoms with Crippen molar-refractivity contribution in [2.45, 2.75) is 0 Å². The van der Waals surface area contributed by atoms with Crippen molar-refractivity contribution in [1.82, 2.24) is 0 Å². The van der Waals surface area contributed by atoms with Crippen molar-refractivity contribution < 1.29 is 107 Å². The van der Waals surface area contributed by atoms with E-state index in [4.69, 9.17) is 32.1 Å². The molecule has 0 bridgehead atoms. The van der Waals surface area contributed by atoms with Crippen LogP contribution in [0.4, 0.5) is 0 Å². The average molecular weight is 472 g/mol. The molecule has 14 heteroatoms. The van der Waals surface area contributed by atoms with Gasteiger partial charge in [0.1, 0.15) is 0 Å². The predicted molar refractivity (Wildman–Crippen MR) is 7.81 cm³/mol. The summed E-state index contributed by atoms with van der Waals surface area (Å²) in [7, 11) is 0. The molecule has 0 aliphatic rings. The largest absolute Gasteiger partial charge is 4.00 e. The Labute approximate surface area is 129 Å². The van der Waals surface area contributed by atoms with Crippen molar-refractivity contribution in [3.05, 3.63) is 0 Å². The maximum absolute atomic E-state index is 8.58. The molecule has 9 nitrogen and oxygen atoms in total. The van der Waals surface area contributed by atoms with E-state index in [1.165, 1.54) is 0 Å². The number of rotatable bonds is 0.